The van der Waals surface area contributed by atoms with Crippen LogP contribution in [-0.4, -0.2) is 61.3 Å². The van der Waals surface area contributed by atoms with Crippen molar-refractivity contribution < 1.29 is 14.3 Å². The summed E-state index contributed by atoms with van der Waals surface area (Å²) in [4.78, 5) is 37.7. The lowest BCUT2D eigenvalue weighted by atomic mass is 10.0. The molecule has 11 nitrogen and oxygen atoms in total. The number of aryl methyl sites for hydroxylation is 2. The fourth-order valence-corrected chi connectivity index (χ4v) is 5.04. The van der Waals surface area contributed by atoms with Gasteiger partial charge in [-0.05, 0) is 63.2 Å². The third-order valence-electron chi connectivity index (χ3n) is 7.54. The van der Waals surface area contributed by atoms with E-state index in [0.717, 1.165) is 5.56 Å². The largest absolute Gasteiger partial charge is 0.497 e. The monoisotopic (exact) mass is 629 g/mol. The van der Waals surface area contributed by atoms with Gasteiger partial charge in [0.05, 0.1) is 19.2 Å². The van der Waals surface area contributed by atoms with Gasteiger partial charge in [-0.3, -0.25) is 14.2 Å². The van der Waals surface area contributed by atoms with Gasteiger partial charge in [0.1, 0.15) is 28.8 Å². The van der Waals surface area contributed by atoms with Crippen molar-refractivity contribution in [3.63, 3.8) is 0 Å². The molecule has 12 heteroatoms. The molecule has 0 saturated carbocycles. The van der Waals surface area contributed by atoms with E-state index in [1.807, 2.05) is 38.1 Å². The molecule has 0 radical (unpaired) electrons. The molecule has 4 aromatic rings. The standard InChI is InChI=1S/C33H36ClN7O4/c1-33(2,37-4)17-22(18-35)30(42)40(5)23-10-8-9-20(13-23)11-12-41-29-21(19-38-32(36-3)39-29)14-26(31(41)43)25-15-24(44-6)16-27(45-7)28(25)34/h8-10,13-17,19,37H,11-12H2,1-7H3,(H,36,38,39)/b22-17+. The fourth-order valence-electron chi connectivity index (χ4n) is 4.75. The lowest BCUT2D eigenvalue weighted by Gasteiger charge is -2.22. The van der Waals surface area contributed by atoms with Crippen LogP contribution in [0.3, 0.4) is 0 Å². The molecule has 2 aromatic heterocycles. The van der Waals surface area contributed by atoms with Crippen LogP contribution in [0.5, 0.6) is 11.5 Å². The first kappa shape index (κ1) is 33.0. The van der Waals surface area contributed by atoms with Gasteiger partial charge in [-0.15, -0.1) is 0 Å². The minimum atomic E-state index is -0.537. The molecular formula is C33H36ClN7O4. The van der Waals surface area contributed by atoms with Crippen LogP contribution in [0, 0.1) is 11.3 Å². The van der Waals surface area contributed by atoms with Crippen molar-refractivity contribution in [2.45, 2.75) is 32.4 Å². The number of nitrogens with one attached hydrogen (secondary N) is 2. The van der Waals surface area contributed by atoms with Crippen LogP contribution < -0.4 is 30.6 Å². The van der Waals surface area contributed by atoms with Crippen molar-refractivity contribution >= 4 is 40.2 Å². The highest BCUT2D eigenvalue weighted by molar-refractivity contribution is 6.35. The number of benzene rings is 2. The SMILES string of the molecule is CNc1ncc2cc(-c3cc(OC)cc(OC)c3Cl)c(=O)n(CCc3cccc(N(C)C(=O)/C(C#N)=C/C(C)(C)NC)c3)c2n1. The van der Waals surface area contributed by atoms with Crippen LogP contribution in [-0.2, 0) is 17.8 Å². The minimum Gasteiger partial charge on any atom is -0.497 e. The quantitative estimate of drug-likeness (QED) is 0.177. The van der Waals surface area contributed by atoms with E-state index < -0.39 is 11.4 Å². The van der Waals surface area contributed by atoms with Gasteiger partial charge in [0.2, 0.25) is 5.95 Å². The molecule has 0 fully saturated rings. The number of halogens is 1. The molecular weight excluding hydrogens is 594 g/mol. The average molecular weight is 630 g/mol. The van der Waals surface area contributed by atoms with E-state index in [9.17, 15) is 14.9 Å². The molecule has 1 amide bonds. The van der Waals surface area contributed by atoms with Gasteiger partial charge < -0.3 is 25.0 Å². The summed E-state index contributed by atoms with van der Waals surface area (Å²) in [7, 11) is 8.12. The maximum Gasteiger partial charge on any atom is 0.268 e. The van der Waals surface area contributed by atoms with E-state index in [2.05, 4.69) is 20.6 Å². The number of pyridine rings is 1. The summed E-state index contributed by atoms with van der Waals surface area (Å²) in [6.45, 7) is 4.02. The number of amides is 1. The van der Waals surface area contributed by atoms with Gasteiger partial charge in [-0.25, -0.2) is 4.98 Å². The van der Waals surface area contributed by atoms with Gasteiger partial charge in [-0.1, -0.05) is 23.7 Å². The van der Waals surface area contributed by atoms with Crippen molar-refractivity contribution in [3.8, 4) is 28.7 Å². The van der Waals surface area contributed by atoms with E-state index in [0.29, 0.717) is 51.7 Å². The van der Waals surface area contributed by atoms with E-state index in [1.165, 1.54) is 19.1 Å². The molecule has 0 atom stereocenters. The lowest BCUT2D eigenvalue weighted by molar-refractivity contribution is -0.114. The Morgan fingerprint density at radius 1 is 1.16 bits per heavy atom. The number of hydrogen-bond donors (Lipinski definition) is 2. The van der Waals surface area contributed by atoms with Crippen LogP contribution in [0.25, 0.3) is 22.2 Å². The molecule has 0 saturated heterocycles. The number of aromatic nitrogens is 3. The number of carbonyl (C=O) groups excluding carboxylic acids is 1. The Hall–Kier alpha value is -4.92. The Labute approximate surface area is 267 Å². The highest BCUT2D eigenvalue weighted by atomic mass is 35.5. The number of rotatable bonds is 11. The summed E-state index contributed by atoms with van der Waals surface area (Å²) in [5.41, 5.74) is 1.92. The zero-order valence-corrected chi connectivity index (χ0v) is 27.1. The van der Waals surface area contributed by atoms with E-state index in [-0.39, 0.29) is 22.7 Å². The van der Waals surface area contributed by atoms with Crippen LogP contribution in [0.1, 0.15) is 19.4 Å². The number of nitriles is 1. The van der Waals surface area contributed by atoms with E-state index in [4.69, 9.17) is 21.1 Å². The van der Waals surface area contributed by atoms with Gasteiger partial charge >= 0.3 is 0 Å². The number of nitrogens with zero attached hydrogens (tertiary/aromatic N) is 5. The molecule has 0 aliphatic carbocycles. The second kappa shape index (κ2) is 13.8. The molecule has 4 rings (SSSR count). The number of methoxy groups -OCH3 is 2. The Bertz CT molecular complexity index is 1880. The molecule has 0 spiro atoms. The van der Waals surface area contributed by atoms with Crippen molar-refractivity contribution in [2.75, 3.05) is 45.6 Å². The van der Waals surface area contributed by atoms with Gasteiger partial charge in [0, 0.05) is 60.6 Å². The lowest BCUT2D eigenvalue weighted by Crippen LogP contribution is -2.36. The second-order valence-corrected chi connectivity index (χ2v) is 11.2. The summed E-state index contributed by atoms with van der Waals surface area (Å²) < 4.78 is 12.5. The first-order valence-electron chi connectivity index (χ1n) is 14.2. The maximum atomic E-state index is 14.1. The minimum absolute atomic E-state index is 0.0324. The summed E-state index contributed by atoms with van der Waals surface area (Å²) in [5, 5.41) is 16.6. The first-order chi connectivity index (χ1) is 21.5. The third kappa shape index (κ3) is 7.09. The second-order valence-electron chi connectivity index (χ2n) is 10.9. The summed E-state index contributed by atoms with van der Waals surface area (Å²) in [6, 6.07) is 14.5. The van der Waals surface area contributed by atoms with E-state index in [1.54, 1.807) is 62.2 Å². The smallest absolute Gasteiger partial charge is 0.268 e. The van der Waals surface area contributed by atoms with Crippen LogP contribution in [0.4, 0.5) is 11.6 Å². The Morgan fingerprint density at radius 3 is 2.56 bits per heavy atom. The normalized spacial score (nSPS) is 11.7. The number of anilines is 2. The predicted molar refractivity (Wildman–Crippen MR) is 177 cm³/mol. The number of likely N-dealkylation sites (N-methyl/N-ethyl adjacent to an activating group) is 2. The molecule has 0 bridgehead atoms. The predicted octanol–water partition coefficient (Wildman–Crippen LogP) is 4.82. The van der Waals surface area contributed by atoms with Crippen LogP contribution >= 0.6 is 11.6 Å². The molecule has 2 heterocycles. The number of fused-ring (bicyclic) bond motifs is 1. The number of carbonyl (C=O) groups is 1. The van der Waals surface area contributed by atoms with Crippen molar-refractivity contribution in [1.29, 1.82) is 5.26 Å². The third-order valence-corrected chi connectivity index (χ3v) is 7.93. The molecule has 0 unspecified atom stereocenters. The summed E-state index contributed by atoms with van der Waals surface area (Å²) in [6.07, 6.45) is 3.71. The van der Waals surface area contributed by atoms with Gasteiger partial charge in [0.15, 0.2) is 0 Å². The van der Waals surface area contributed by atoms with Gasteiger partial charge in [0.25, 0.3) is 11.5 Å². The van der Waals surface area contributed by atoms with Gasteiger partial charge in [-0.2, -0.15) is 10.2 Å². The Morgan fingerprint density at radius 2 is 1.91 bits per heavy atom. The average Bonchev–Trinajstić information content (AvgIpc) is 3.06. The van der Waals surface area contributed by atoms with E-state index >= 15 is 0 Å². The van der Waals surface area contributed by atoms with Crippen molar-refractivity contribution in [1.82, 2.24) is 19.9 Å². The highest BCUT2D eigenvalue weighted by Crippen LogP contribution is 2.38. The molecule has 2 N–H and O–H groups in total. The summed E-state index contributed by atoms with van der Waals surface area (Å²) >= 11 is 6.69. The zero-order valence-electron chi connectivity index (χ0n) is 26.4. The molecule has 0 aliphatic heterocycles. The fraction of sp³-hybridized carbons (Fsp3) is 0.303. The molecule has 0 aliphatic rings. The topological polar surface area (TPSA) is 134 Å². The molecule has 234 valence electrons. The summed E-state index contributed by atoms with van der Waals surface area (Å²) in [5.74, 6) is 0.806. The Kier molecular flexibility index (Phi) is 10.1. The first-order valence-corrected chi connectivity index (χ1v) is 14.5. The number of hydrogen-bond acceptors (Lipinski definition) is 9. The molecule has 2 aromatic carbocycles. The molecule has 45 heavy (non-hydrogen) atoms. The Balaban J connectivity index is 1.75. The van der Waals surface area contributed by atoms with Crippen molar-refractivity contribution in [3.05, 3.63) is 81.3 Å². The maximum absolute atomic E-state index is 14.1. The highest BCUT2D eigenvalue weighted by Gasteiger charge is 2.22. The van der Waals surface area contributed by atoms with Crippen molar-refractivity contribution in [2.24, 2.45) is 0 Å². The van der Waals surface area contributed by atoms with Crippen LogP contribution in [0.15, 0.2) is 65.1 Å². The van der Waals surface area contributed by atoms with Crippen LogP contribution in [0.2, 0.25) is 5.02 Å². The zero-order chi connectivity index (χ0) is 32.9. The number of ether oxygens (including phenoxy) is 2.